The van der Waals surface area contributed by atoms with E-state index in [0.29, 0.717) is 57.4 Å². The van der Waals surface area contributed by atoms with Gasteiger partial charge in [0.25, 0.3) is 11.1 Å². The molecule has 0 bridgehead atoms. The number of nitrogens with zero attached hydrogens (tertiary/aromatic N) is 4. The number of benzene rings is 3. The van der Waals surface area contributed by atoms with Crippen LogP contribution in [0.5, 0.6) is 16.7 Å². The van der Waals surface area contributed by atoms with Crippen molar-refractivity contribution in [2.45, 2.75) is 13.0 Å². The number of carbonyl (C=O) groups is 1. The average molecular weight is 553 g/mol. The summed E-state index contributed by atoms with van der Waals surface area (Å²) in [5.41, 5.74) is 5.06. The van der Waals surface area contributed by atoms with Gasteiger partial charge in [-0.2, -0.15) is 0 Å². The number of furan rings is 1. The van der Waals surface area contributed by atoms with Gasteiger partial charge in [0, 0.05) is 29.9 Å². The Morgan fingerprint density at radius 3 is 2.73 bits per heavy atom. The second-order valence-electron chi connectivity index (χ2n) is 9.35. The molecule has 0 radical (unpaired) electrons. The van der Waals surface area contributed by atoms with Crippen LogP contribution in [0.2, 0.25) is 0 Å². The Labute approximate surface area is 233 Å². The van der Waals surface area contributed by atoms with Gasteiger partial charge in [-0.15, -0.1) is 5.10 Å². The van der Waals surface area contributed by atoms with Crippen molar-refractivity contribution < 1.29 is 23.4 Å². The Morgan fingerprint density at radius 1 is 1.05 bits per heavy atom. The topological polar surface area (TPSA) is 91.3 Å². The molecule has 3 aromatic carbocycles. The van der Waals surface area contributed by atoms with Crippen LogP contribution in [0.25, 0.3) is 27.4 Å². The van der Waals surface area contributed by atoms with E-state index in [4.69, 9.17) is 18.6 Å². The van der Waals surface area contributed by atoms with Gasteiger partial charge < -0.3 is 23.5 Å². The summed E-state index contributed by atoms with van der Waals surface area (Å²) in [4.78, 5) is 20.4. The molecule has 0 saturated heterocycles. The molecule has 0 spiro atoms. The predicted octanol–water partition coefficient (Wildman–Crippen LogP) is 6.00. The highest BCUT2D eigenvalue weighted by Crippen LogP contribution is 2.38. The molecule has 0 unspecified atom stereocenters. The second kappa shape index (κ2) is 9.73. The third-order valence-corrected chi connectivity index (χ3v) is 7.92. The smallest absolute Gasteiger partial charge is 0.294 e. The van der Waals surface area contributed by atoms with E-state index in [2.05, 4.69) is 10.1 Å². The van der Waals surface area contributed by atoms with Crippen LogP contribution in [-0.2, 0) is 13.0 Å². The van der Waals surface area contributed by atoms with Crippen molar-refractivity contribution in [3.05, 3.63) is 89.6 Å². The molecule has 6 aromatic rings. The lowest BCUT2D eigenvalue weighted by Crippen LogP contribution is -2.28. The van der Waals surface area contributed by atoms with E-state index in [1.165, 1.54) is 11.3 Å². The monoisotopic (exact) mass is 552 g/mol. The maximum absolute atomic E-state index is 13.2. The van der Waals surface area contributed by atoms with Gasteiger partial charge in [-0.1, -0.05) is 30.3 Å². The van der Waals surface area contributed by atoms with Crippen LogP contribution < -0.4 is 19.1 Å². The number of carbonyl (C=O) groups excluding carboxylic acids is 1. The predicted molar refractivity (Wildman–Crippen MR) is 152 cm³/mol. The van der Waals surface area contributed by atoms with E-state index < -0.39 is 0 Å². The lowest BCUT2D eigenvalue weighted by atomic mass is 10.1. The fourth-order valence-corrected chi connectivity index (χ4v) is 5.77. The van der Waals surface area contributed by atoms with Crippen molar-refractivity contribution in [2.24, 2.45) is 0 Å². The van der Waals surface area contributed by atoms with Crippen molar-refractivity contribution in [3.8, 4) is 28.1 Å². The first-order chi connectivity index (χ1) is 19.6. The zero-order valence-corrected chi connectivity index (χ0v) is 22.6. The van der Waals surface area contributed by atoms with Crippen LogP contribution in [-0.4, -0.2) is 41.3 Å². The number of imidazole rings is 1. The molecule has 40 heavy (non-hydrogen) atoms. The molecule has 0 aliphatic carbocycles. The minimum Gasteiger partial charge on any atom is -0.496 e. The quantitative estimate of drug-likeness (QED) is 0.240. The summed E-state index contributed by atoms with van der Waals surface area (Å²) in [5.74, 6) is 1.86. The van der Waals surface area contributed by atoms with Gasteiger partial charge in [0.2, 0.25) is 4.96 Å². The van der Waals surface area contributed by atoms with Gasteiger partial charge in [-0.05, 0) is 53.1 Å². The van der Waals surface area contributed by atoms with Crippen molar-refractivity contribution >= 4 is 38.9 Å². The molecule has 3 aromatic heterocycles. The maximum Gasteiger partial charge on any atom is 0.294 e. The van der Waals surface area contributed by atoms with E-state index in [1.807, 2.05) is 71.6 Å². The first kappa shape index (κ1) is 24.2. The van der Waals surface area contributed by atoms with Crippen LogP contribution >= 0.6 is 11.3 Å². The fraction of sp³-hybridized carbons (Fsp3) is 0.167. The molecule has 1 aliphatic rings. The number of ether oxygens (including phenoxy) is 3. The Hall–Kier alpha value is -4.83. The molecule has 7 rings (SSSR count). The van der Waals surface area contributed by atoms with Crippen LogP contribution in [0.15, 0.2) is 77.3 Å². The van der Waals surface area contributed by atoms with Gasteiger partial charge in [-0.3, -0.25) is 4.79 Å². The van der Waals surface area contributed by atoms with Crippen LogP contribution in [0.4, 0.5) is 5.69 Å². The summed E-state index contributed by atoms with van der Waals surface area (Å²) >= 11 is 1.35. The molecule has 0 fully saturated rings. The third-order valence-electron chi connectivity index (χ3n) is 7.03. The number of methoxy groups -OCH3 is 2. The van der Waals surface area contributed by atoms with E-state index in [1.54, 1.807) is 24.9 Å². The Bertz CT molecular complexity index is 1840. The minimum absolute atomic E-state index is 0.00523. The SMILES string of the molecule is COc1cc(OCc2cccc3c2CCN3C(=O)c2ccccc2)c2cc(-c3cn4nc(OC)sc4n3)oc2c1. The summed E-state index contributed by atoms with van der Waals surface area (Å²) in [6, 6.07) is 21.0. The number of aromatic nitrogens is 3. The number of hydrogen-bond donors (Lipinski definition) is 0. The van der Waals surface area contributed by atoms with Gasteiger partial charge in [0.05, 0.1) is 25.8 Å². The standard InChI is InChI=1S/C30H24N4O5S/c1-36-20-13-25(22-15-27(39-26(22)14-20)23-16-34-29(31-23)40-30(32-34)37-2)38-17-19-9-6-10-24-21(19)11-12-33(24)28(35)18-7-4-3-5-8-18/h3-10,13-16H,11-12,17H2,1-2H3. The number of anilines is 1. The van der Waals surface area contributed by atoms with Gasteiger partial charge in [0.1, 0.15) is 29.4 Å². The minimum atomic E-state index is 0.00523. The Kier molecular flexibility index (Phi) is 5.89. The number of amides is 1. The van der Waals surface area contributed by atoms with Gasteiger partial charge in [-0.25, -0.2) is 9.50 Å². The molecule has 4 heterocycles. The zero-order chi connectivity index (χ0) is 27.2. The number of fused-ring (bicyclic) bond motifs is 3. The lowest BCUT2D eigenvalue weighted by molar-refractivity contribution is 0.0989. The van der Waals surface area contributed by atoms with Crippen LogP contribution in [0.3, 0.4) is 0 Å². The zero-order valence-electron chi connectivity index (χ0n) is 21.8. The summed E-state index contributed by atoms with van der Waals surface area (Å²) < 4.78 is 24.9. The Morgan fingerprint density at radius 2 is 1.93 bits per heavy atom. The highest BCUT2D eigenvalue weighted by atomic mass is 32.1. The van der Waals surface area contributed by atoms with Gasteiger partial charge >= 0.3 is 0 Å². The summed E-state index contributed by atoms with van der Waals surface area (Å²) in [6.07, 6.45) is 2.58. The molecule has 0 atom stereocenters. The summed E-state index contributed by atoms with van der Waals surface area (Å²) in [6.45, 7) is 0.973. The first-order valence-corrected chi connectivity index (χ1v) is 13.6. The van der Waals surface area contributed by atoms with E-state index in [-0.39, 0.29) is 5.91 Å². The number of hydrogen-bond acceptors (Lipinski definition) is 8. The normalized spacial score (nSPS) is 12.7. The Balaban J connectivity index is 1.18. The van der Waals surface area contributed by atoms with Crippen molar-refractivity contribution in [1.82, 2.24) is 14.6 Å². The largest absolute Gasteiger partial charge is 0.496 e. The fourth-order valence-electron chi connectivity index (χ4n) is 5.07. The molecule has 200 valence electrons. The number of rotatable bonds is 7. The van der Waals surface area contributed by atoms with Crippen molar-refractivity contribution in [2.75, 3.05) is 25.7 Å². The molecule has 10 heteroatoms. The van der Waals surface area contributed by atoms with E-state index in [9.17, 15) is 4.79 Å². The highest BCUT2D eigenvalue weighted by molar-refractivity contribution is 7.18. The van der Waals surface area contributed by atoms with E-state index in [0.717, 1.165) is 28.6 Å². The molecule has 1 aliphatic heterocycles. The molecule has 9 nitrogen and oxygen atoms in total. The van der Waals surface area contributed by atoms with Crippen LogP contribution in [0, 0.1) is 0 Å². The van der Waals surface area contributed by atoms with Crippen molar-refractivity contribution in [1.29, 1.82) is 0 Å². The maximum atomic E-state index is 13.2. The van der Waals surface area contributed by atoms with Crippen LogP contribution in [0.1, 0.15) is 21.5 Å². The molecule has 0 saturated carbocycles. The first-order valence-electron chi connectivity index (χ1n) is 12.7. The average Bonchev–Trinajstić information content (AvgIpc) is 3.77. The molecular weight excluding hydrogens is 528 g/mol. The highest BCUT2D eigenvalue weighted by Gasteiger charge is 2.27. The van der Waals surface area contributed by atoms with E-state index >= 15 is 0 Å². The van der Waals surface area contributed by atoms with Crippen molar-refractivity contribution in [3.63, 3.8) is 0 Å². The molecule has 0 N–H and O–H groups in total. The summed E-state index contributed by atoms with van der Waals surface area (Å²) in [5, 5.41) is 5.69. The summed E-state index contributed by atoms with van der Waals surface area (Å²) in [7, 11) is 3.19. The molecule has 1 amide bonds. The lowest BCUT2D eigenvalue weighted by Gasteiger charge is -2.18. The van der Waals surface area contributed by atoms with Gasteiger partial charge in [0.15, 0.2) is 5.76 Å². The third kappa shape index (κ3) is 4.13. The second-order valence-corrected chi connectivity index (χ2v) is 10.3. The molecular formula is C30H24N4O5S.